The van der Waals surface area contributed by atoms with Gasteiger partial charge in [-0.1, -0.05) is 13.3 Å². The Labute approximate surface area is 114 Å². The van der Waals surface area contributed by atoms with Crippen molar-refractivity contribution in [2.24, 2.45) is 5.92 Å². The highest BCUT2D eigenvalue weighted by atomic mass is 16.5. The van der Waals surface area contributed by atoms with Gasteiger partial charge in [-0.2, -0.15) is 15.0 Å². The molecule has 19 heavy (non-hydrogen) atoms. The SMILES string of the molecule is CCCOc1nc(N)nc(N(CC)CC2CCC2)n1. The molecular formula is C13H23N5O. The molecule has 2 N–H and O–H groups in total. The van der Waals surface area contributed by atoms with Crippen LogP contribution in [0, 0.1) is 5.92 Å². The lowest BCUT2D eigenvalue weighted by atomic mass is 9.85. The minimum atomic E-state index is 0.225. The zero-order valence-corrected chi connectivity index (χ0v) is 11.8. The first kappa shape index (κ1) is 13.8. The van der Waals surface area contributed by atoms with Gasteiger partial charge in [0.1, 0.15) is 0 Å². The van der Waals surface area contributed by atoms with Gasteiger partial charge in [-0.05, 0) is 32.1 Å². The molecule has 1 fully saturated rings. The molecule has 0 bridgehead atoms. The van der Waals surface area contributed by atoms with Gasteiger partial charge in [-0.3, -0.25) is 0 Å². The van der Waals surface area contributed by atoms with Crippen molar-refractivity contribution in [3.63, 3.8) is 0 Å². The summed E-state index contributed by atoms with van der Waals surface area (Å²) in [5.74, 6) is 1.62. The van der Waals surface area contributed by atoms with Gasteiger partial charge in [0.15, 0.2) is 0 Å². The van der Waals surface area contributed by atoms with Crippen LogP contribution in [0.4, 0.5) is 11.9 Å². The Kier molecular flexibility index (Phi) is 4.76. The van der Waals surface area contributed by atoms with Gasteiger partial charge in [-0.25, -0.2) is 0 Å². The van der Waals surface area contributed by atoms with Gasteiger partial charge in [-0.15, -0.1) is 0 Å². The molecule has 1 aliphatic carbocycles. The van der Waals surface area contributed by atoms with E-state index in [1.165, 1.54) is 19.3 Å². The van der Waals surface area contributed by atoms with Crippen LogP contribution in [0.1, 0.15) is 39.5 Å². The van der Waals surface area contributed by atoms with Gasteiger partial charge >= 0.3 is 6.01 Å². The van der Waals surface area contributed by atoms with Crippen LogP contribution in [-0.2, 0) is 0 Å². The normalized spacial score (nSPS) is 15.1. The Hall–Kier alpha value is -1.59. The quantitative estimate of drug-likeness (QED) is 0.811. The van der Waals surface area contributed by atoms with E-state index < -0.39 is 0 Å². The number of aromatic nitrogens is 3. The molecule has 1 aliphatic rings. The number of nitrogens with two attached hydrogens (primary N) is 1. The number of hydrogen-bond donors (Lipinski definition) is 1. The maximum Gasteiger partial charge on any atom is 0.323 e. The molecule has 2 rings (SSSR count). The number of hydrogen-bond acceptors (Lipinski definition) is 6. The van der Waals surface area contributed by atoms with E-state index in [1.54, 1.807) is 0 Å². The topological polar surface area (TPSA) is 77.2 Å². The maximum absolute atomic E-state index is 5.73. The summed E-state index contributed by atoms with van der Waals surface area (Å²) in [6.07, 6.45) is 4.86. The Bertz CT molecular complexity index is 408. The highest BCUT2D eigenvalue weighted by Crippen LogP contribution is 2.28. The van der Waals surface area contributed by atoms with Crippen LogP contribution in [-0.4, -0.2) is 34.6 Å². The van der Waals surface area contributed by atoms with Crippen molar-refractivity contribution < 1.29 is 4.74 Å². The zero-order valence-electron chi connectivity index (χ0n) is 11.8. The molecule has 0 spiro atoms. The maximum atomic E-state index is 5.73. The molecule has 0 unspecified atom stereocenters. The monoisotopic (exact) mass is 265 g/mol. The van der Waals surface area contributed by atoms with Crippen molar-refractivity contribution in [1.29, 1.82) is 0 Å². The van der Waals surface area contributed by atoms with Crippen LogP contribution in [0.2, 0.25) is 0 Å². The summed E-state index contributed by atoms with van der Waals surface area (Å²) >= 11 is 0. The Morgan fingerprint density at radius 2 is 2.05 bits per heavy atom. The molecule has 0 atom stereocenters. The van der Waals surface area contributed by atoms with Gasteiger partial charge in [0.2, 0.25) is 11.9 Å². The number of anilines is 2. The molecule has 106 valence electrons. The lowest BCUT2D eigenvalue weighted by molar-refractivity contribution is 0.290. The minimum absolute atomic E-state index is 0.225. The van der Waals surface area contributed by atoms with Gasteiger partial charge in [0.25, 0.3) is 0 Å². The largest absolute Gasteiger partial charge is 0.463 e. The average Bonchev–Trinajstić information content (AvgIpc) is 2.34. The first-order valence-corrected chi connectivity index (χ1v) is 7.12. The van der Waals surface area contributed by atoms with E-state index >= 15 is 0 Å². The highest BCUT2D eigenvalue weighted by molar-refractivity contribution is 5.36. The second-order valence-corrected chi connectivity index (χ2v) is 4.96. The second-order valence-electron chi connectivity index (χ2n) is 4.96. The molecule has 1 aromatic rings. The molecule has 1 saturated carbocycles. The molecule has 0 aliphatic heterocycles. The summed E-state index contributed by atoms with van der Waals surface area (Å²) in [5, 5.41) is 0. The molecule has 6 heteroatoms. The number of ether oxygens (including phenoxy) is 1. The van der Waals surface area contributed by atoms with Gasteiger partial charge < -0.3 is 15.4 Å². The van der Waals surface area contributed by atoms with E-state index in [4.69, 9.17) is 10.5 Å². The van der Waals surface area contributed by atoms with Crippen molar-refractivity contribution in [1.82, 2.24) is 15.0 Å². The molecule has 0 aromatic carbocycles. The fourth-order valence-corrected chi connectivity index (χ4v) is 2.10. The summed E-state index contributed by atoms with van der Waals surface area (Å²) in [5.41, 5.74) is 5.73. The first-order valence-electron chi connectivity index (χ1n) is 7.12. The van der Waals surface area contributed by atoms with Crippen LogP contribution in [0.15, 0.2) is 0 Å². The fraction of sp³-hybridized carbons (Fsp3) is 0.769. The van der Waals surface area contributed by atoms with Crippen LogP contribution < -0.4 is 15.4 Å². The van der Waals surface area contributed by atoms with Crippen molar-refractivity contribution in [3.8, 4) is 6.01 Å². The van der Waals surface area contributed by atoms with E-state index in [1.807, 2.05) is 6.92 Å². The minimum Gasteiger partial charge on any atom is -0.463 e. The molecule has 0 amide bonds. The summed E-state index contributed by atoms with van der Waals surface area (Å²) in [6.45, 7) is 6.60. The lowest BCUT2D eigenvalue weighted by Crippen LogP contribution is -2.34. The van der Waals surface area contributed by atoms with E-state index in [-0.39, 0.29) is 5.95 Å². The van der Waals surface area contributed by atoms with Crippen molar-refractivity contribution >= 4 is 11.9 Å². The molecule has 1 aromatic heterocycles. The van der Waals surface area contributed by atoms with Crippen molar-refractivity contribution in [2.45, 2.75) is 39.5 Å². The van der Waals surface area contributed by atoms with Crippen LogP contribution in [0.25, 0.3) is 0 Å². The molecule has 6 nitrogen and oxygen atoms in total. The molecule has 1 heterocycles. The summed E-state index contributed by atoms with van der Waals surface area (Å²) < 4.78 is 5.45. The van der Waals surface area contributed by atoms with Crippen LogP contribution >= 0.6 is 0 Å². The van der Waals surface area contributed by atoms with Crippen molar-refractivity contribution in [2.75, 3.05) is 30.3 Å². The highest BCUT2D eigenvalue weighted by Gasteiger charge is 2.22. The first-order chi connectivity index (χ1) is 9.22. The number of rotatable bonds is 7. The smallest absolute Gasteiger partial charge is 0.323 e. The van der Waals surface area contributed by atoms with Gasteiger partial charge in [0, 0.05) is 13.1 Å². The zero-order chi connectivity index (χ0) is 13.7. The van der Waals surface area contributed by atoms with E-state index in [0.29, 0.717) is 18.6 Å². The second kappa shape index (κ2) is 6.54. The van der Waals surface area contributed by atoms with Gasteiger partial charge in [0.05, 0.1) is 6.61 Å². The summed E-state index contributed by atoms with van der Waals surface area (Å²) in [4.78, 5) is 14.7. The van der Waals surface area contributed by atoms with E-state index in [2.05, 4.69) is 26.8 Å². The third kappa shape index (κ3) is 3.68. The van der Waals surface area contributed by atoms with Crippen LogP contribution in [0.3, 0.4) is 0 Å². The third-order valence-corrected chi connectivity index (χ3v) is 3.42. The molecular weight excluding hydrogens is 242 g/mol. The van der Waals surface area contributed by atoms with Crippen molar-refractivity contribution in [3.05, 3.63) is 0 Å². The molecule has 0 radical (unpaired) electrons. The molecule has 0 saturated heterocycles. The van der Waals surface area contributed by atoms with Crippen LogP contribution in [0.5, 0.6) is 6.01 Å². The number of nitrogen functional groups attached to an aromatic ring is 1. The Morgan fingerprint density at radius 1 is 1.26 bits per heavy atom. The predicted octanol–water partition coefficient (Wildman–Crippen LogP) is 1.87. The number of nitrogens with zero attached hydrogens (tertiary/aromatic N) is 4. The lowest BCUT2D eigenvalue weighted by Gasteiger charge is -2.31. The van der Waals surface area contributed by atoms with E-state index in [0.717, 1.165) is 25.4 Å². The predicted molar refractivity (Wildman–Crippen MR) is 75.3 cm³/mol. The third-order valence-electron chi connectivity index (χ3n) is 3.42. The van der Waals surface area contributed by atoms with E-state index in [9.17, 15) is 0 Å². The Balaban J connectivity index is 2.08. The Morgan fingerprint density at radius 3 is 2.63 bits per heavy atom. The average molecular weight is 265 g/mol. The fourth-order valence-electron chi connectivity index (χ4n) is 2.10. The standard InChI is InChI=1S/C13H23N5O/c1-3-8-19-13-16-11(14)15-12(17-13)18(4-2)9-10-6-5-7-10/h10H,3-9H2,1-2H3,(H2,14,15,16,17). The summed E-state index contributed by atoms with van der Waals surface area (Å²) in [7, 11) is 0. The summed E-state index contributed by atoms with van der Waals surface area (Å²) in [6, 6.07) is 0.330.